The highest BCUT2D eigenvalue weighted by molar-refractivity contribution is 4.78. The Balaban J connectivity index is 2.22. The normalized spacial score (nSPS) is 27.4. The molecule has 0 aromatic rings. The third kappa shape index (κ3) is 3.25. The number of rotatable bonds is 6. The van der Waals surface area contributed by atoms with Gasteiger partial charge < -0.3 is 10.5 Å². The highest BCUT2D eigenvalue weighted by atomic mass is 16.5. The molecule has 1 fully saturated rings. The molecule has 1 aliphatic rings. The molecule has 0 saturated heterocycles. The molecule has 1 saturated carbocycles. The van der Waals surface area contributed by atoms with E-state index in [4.69, 9.17) is 10.5 Å². The maximum Gasteiger partial charge on any atom is 0.0570 e. The van der Waals surface area contributed by atoms with Crippen LogP contribution in [-0.4, -0.2) is 19.3 Å². The number of hydrogen-bond acceptors (Lipinski definition) is 2. The highest BCUT2D eigenvalue weighted by Crippen LogP contribution is 2.31. The van der Waals surface area contributed by atoms with Crippen molar-refractivity contribution in [1.82, 2.24) is 0 Å². The molecule has 1 aliphatic carbocycles. The summed E-state index contributed by atoms with van der Waals surface area (Å²) in [4.78, 5) is 0. The number of hydrogen-bond donors (Lipinski definition) is 1. The molecule has 2 unspecified atom stereocenters. The van der Waals surface area contributed by atoms with Gasteiger partial charge in [0.1, 0.15) is 0 Å². The van der Waals surface area contributed by atoms with E-state index in [0.29, 0.717) is 6.10 Å². The fourth-order valence-corrected chi connectivity index (χ4v) is 2.43. The molecule has 0 bridgehead atoms. The number of nitrogens with two attached hydrogens (primary N) is 1. The van der Waals surface area contributed by atoms with Gasteiger partial charge in [0.15, 0.2) is 0 Å². The van der Waals surface area contributed by atoms with E-state index in [-0.39, 0.29) is 0 Å². The van der Waals surface area contributed by atoms with Gasteiger partial charge in [0.25, 0.3) is 0 Å². The summed E-state index contributed by atoms with van der Waals surface area (Å²) in [5.74, 6) is 1.46. The van der Waals surface area contributed by atoms with Crippen molar-refractivity contribution in [3.63, 3.8) is 0 Å². The average molecular weight is 199 g/mol. The Morgan fingerprint density at radius 2 is 1.86 bits per heavy atom. The lowest BCUT2D eigenvalue weighted by Crippen LogP contribution is -2.24. The van der Waals surface area contributed by atoms with E-state index in [0.717, 1.165) is 37.8 Å². The molecule has 0 radical (unpaired) electrons. The van der Waals surface area contributed by atoms with Crippen molar-refractivity contribution in [3.8, 4) is 0 Å². The van der Waals surface area contributed by atoms with Crippen LogP contribution in [0.25, 0.3) is 0 Å². The first kappa shape index (κ1) is 12.0. The molecule has 84 valence electrons. The maximum absolute atomic E-state index is 5.90. The van der Waals surface area contributed by atoms with Crippen molar-refractivity contribution in [2.24, 2.45) is 17.6 Å². The zero-order chi connectivity index (χ0) is 10.4. The second-order valence-corrected chi connectivity index (χ2v) is 4.46. The molecule has 2 atom stereocenters. The van der Waals surface area contributed by atoms with Crippen LogP contribution in [0.2, 0.25) is 0 Å². The molecule has 14 heavy (non-hydrogen) atoms. The lowest BCUT2D eigenvalue weighted by atomic mass is 9.97. The highest BCUT2D eigenvalue weighted by Gasteiger charge is 2.26. The first-order valence-corrected chi connectivity index (χ1v) is 6.13. The fraction of sp³-hybridized carbons (Fsp3) is 1.00. The molecule has 0 heterocycles. The van der Waals surface area contributed by atoms with Crippen LogP contribution in [0.4, 0.5) is 0 Å². The molecule has 0 aliphatic heterocycles. The summed E-state index contributed by atoms with van der Waals surface area (Å²) in [6.07, 6.45) is 6.72. The van der Waals surface area contributed by atoms with Crippen LogP contribution in [0.1, 0.15) is 46.0 Å². The zero-order valence-electron chi connectivity index (χ0n) is 9.67. The predicted molar refractivity (Wildman–Crippen MR) is 60.2 cm³/mol. The molecular formula is C12H25NO. The maximum atomic E-state index is 5.90. The van der Waals surface area contributed by atoms with Gasteiger partial charge in [0, 0.05) is 0 Å². The van der Waals surface area contributed by atoms with Gasteiger partial charge in [-0.05, 0) is 44.1 Å². The molecule has 2 nitrogen and oxygen atoms in total. The van der Waals surface area contributed by atoms with Crippen LogP contribution in [0.15, 0.2) is 0 Å². The van der Waals surface area contributed by atoms with Crippen molar-refractivity contribution in [2.45, 2.75) is 52.1 Å². The summed E-state index contributed by atoms with van der Waals surface area (Å²) in [5, 5.41) is 0. The zero-order valence-corrected chi connectivity index (χ0v) is 9.67. The van der Waals surface area contributed by atoms with Gasteiger partial charge in [-0.3, -0.25) is 0 Å². The first-order valence-electron chi connectivity index (χ1n) is 6.13. The summed E-state index contributed by atoms with van der Waals surface area (Å²) in [7, 11) is 0. The van der Waals surface area contributed by atoms with Crippen molar-refractivity contribution in [2.75, 3.05) is 13.2 Å². The molecule has 0 spiro atoms. The second kappa shape index (κ2) is 6.41. The van der Waals surface area contributed by atoms with Crippen molar-refractivity contribution in [1.29, 1.82) is 0 Å². The lowest BCUT2D eigenvalue weighted by molar-refractivity contribution is 0.0174. The lowest BCUT2D eigenvalue weighted by Gasteiger charge is -2.21. The summed E-state index contributed by atoms with van der Waals surface area (Å²) >= 11 is 0. The summed E-state index contributed by atoms with van der Waals surface area (Å²) in [5.41, 5.74) is 5.74. The molecule has 2 N–H and O–H groups in total. The molecular weight excluding hydrogens is 174 g/mol. The van der Waals surface area contributed by atoms with E-state index in [1.54, 1.807) is 0 Å². The molecule has 0 aromatic carbocycles. The van der Waals surface area contributed by atoms with Gasteiger partial charge >= 0.3 is 0 Å². The summed E-state index contributed by atoms with van der Waals surface area (Å²) < 4.78 is 5.90. The van der Waals surface area contributed by atoms with Gasteiger partial charge in [-0.25, -0.2) is 0 Å². The Morgan fingerprint density at radius 3 is 2.43 bits per heavy atom. The third-order valence-electron chi connectivity index (χ3n) is 3.58. The Kier molecular flexibility index (Phi) is 5.49. The van der Waals surface area contributed by atoms with Crippen LogP contribution in [-0.2, 0) is 4.74 Å². The van der Waals surface area contributed by atoms with E-state index in [1.807, 2.05) is 0 Å². The van der Waals surface area contributed by atoms with Crippen molar-refractivity contribution >= 4 is 0 Å². The molecule has 1 rings (SSSR count). The molecule has 2 heteroatoms. The Morgan fingerprint density at radius 1 is 1.21 bits per heavy atom. The van der Waals surface area contributed by atoms with Crippen LogP contribution in [0.3, 0.4) is 0 Å². The first-order chi connectivity index (χ1) is 6.81. The Hall–Kier alpha value is -0.0800. The smallest absolute Gasteiger partial charge is 0.0570 e. The minimum Gasteiger partial charge on any atom is -0.378 e. The third-order valence-corrected chi connectivity index (χ3v) is 3.58. The monoisotopic (exact) mass is 199 g/mol. The van der Waals surface area contributed by atoms with Gasteiger partial charge in [0.05, 0.1) is 12.7 Å². The SMILES string of the molecule is CCC(CC)OCC1CCCC1CN. The summed E-state index contributed by atoms with van der Waals surface area (Å²) in [6, 6.07) is 0. The number of ether oxygens (including phenoxy) is 1. The van der Waals surface area contributed by atoms with E-state index in [1.165, 1.54) is 19.3 Å². The molecule has 0 aromatic heterocycles. The summed E-state index contributed by atoms with van der Waals surface area (Å²) in [6.45, 7) is 6.18. The van der Waals surface area contributed by atoms with Gasteiger partial charge in [-0.2, -0.15) is 0 Å². The Bertz CT molecular complexity index is 145. The van der Waals surface area contributed by atoms with Crippen LogP contribution >= 0.6 is 0 Å². The standard InChI is InChI=1S/C12H25NO/c1-3-12(4-2)14-9-11-7-5-6-10(11)8-13/h10-12H,3-9,13H2,1-2H3. The minimum absolute atomic E-state index is 0.467. The Labute approximate surface area is 88.2 Å². The van der Waals surface area contributed by atoms with Crippen molar-refractivity contribution < 1.29 is 4.74 Å². The average Bonchev–Trinajstić information content (AvgIpc) is 2.67. The van der Waals surface area contributed by atoms with Gasteiger partial charge in [0.2, 0.25) is 0 Å². The van der Waals surface area contributed by atoms with E-state index in [9.17, 15) is 0 Å². The van der Waals surface area contributed by atoms with Gasteiger partial charge in [-0.15, -0.1) is 0 Å². The van der Waals surface area contributed by atoms with E-state index >= 15 is 0 Å². The van der Waals surface area contributed by atoms with Crippen LogP contribution in [0, 0.1) is 11.8 Å². The van der Waals surface area contributed by atoms with Crippen LogP contribution < -0.4 is 5.73 Å². The van der Waals surface area contributed by atoms with Crippen molar-refractivity contribution in [3.05, 3.63) is 0 Å². The second-order valence-electron chi connectivity index (χ2n) is 4.46. The molecule has 0 amide bonds. The minimum atomic E-state index is 0.467. The van der Waals surface area contributed by atoms with Gasteiger partial charge in [-0.1, -0.05) is 20.3 Å². The predicted octanol–water partition coefficient (Wildman–Crippen LogP) is 2.57. The van der Waals surface area contributed by atoms with E-state index < -0.39 is 0 Å². The topological polar surface area (TPSA) is 35.2 Å². The van der Waals surface area contributed by atoms with E-state index in [2.05, 4.69) is 13.8 Å². The quantitative estimate of drug-likeness (QED) is 0.713. The largest absolute Gasteiger partial charge is 0.378 e. The fourth-order valence-electron chi connectivity index (χ4n) is 2.43. The van der Waals surface area contributed by atoms with Crippen LogP contribution in [0.5, 0.6) is 0 Å².